The second kappa shape index (κ2) is 6.65. The van der Waals surface area contributed by atoms with E-state index in [1.165, 1.54) is 11.0 Å². The monoisotopic (exact) mass is 275 g/mol. The van der Waals surface area contributed by atoms with Crippen molar-refractivity contribution in [2.24, 2.45) is 0 Å². The molecule has 106 valence electrons. The summed E-state index contributed by atoms with van der Waals surface area (Å²) in [6.45, 7) is 1.03. The van der Waals surface area contributed by atoms with E-state index in [2.05, 4.69) is 15.5 Å². The Hall–Kier alpha value is -2.44. The molecular formula is C13H17N5O2. The highest BCUT2D eigenvalue weighted by Crippen LogP contribution is 2.14. The van der Waals surface area contributed by atoms with Gasteiger partial charge >= 0.3 is 0 Å². The van der Waals surface area contributed by atoms with Crippen molar-refractivity contribution >= 4 is 5.91 Å². The number of ether oxygens (including phenoxy) is 1. The van der Waals surface area contributed by atoms with E-state index < -0.39 is 0 Å². The van der Waals surface area contributed by atoms with Crippen LogP contribution in [0, 0.1) is 0 Å². The third-order valence-corrected chi connectivity index (χ3v) is 2.93. The first-order valence-electron chi connectivity index (χ1n) is 6.26. The fourth-order valence-electron chi connectivity index (χ4n) is 1.82. The Labute approximate surface area is 117 Å². The minimum absolute atomic E-state index is 0.0447. The first-order chi connectivity index (χ1) is 9.69. The zero-order chi connectivity index (χ0) is 14.4. The maximum Gasteiger partial charge on any atom is 0.224 e. The van der Waals surface area contributed by atoms with Crippen LogP contribution in [0.4, 0.5) is 0 Å². The molecule has 2 rings (SSSR count). The zero-order valence-corrected chi connectivity index (χ0v) is 11.6. The molecule has 0 atom stereocenters. The highest BCUT2D eigenvalue weighted by Gasteiger charge is 2.10. The minimum Gasteiger partial charge on any atom is -0.497 e. The second-order valence-corrected chi connectivity index (χ2v) is 4.42. The van der Waals surface area contributed by atoms with Gasteiger partial charge in [0.2, 0.25) is 5.91 Å². The van der Waals surface area contributed by atoms with E-state index in [0.29, 0.717) is 19.5 Å². The molecule has 1 aromatic heterocycles. The molecule has 0 radical (unpaired) electrons. The van der Waals surface area contributed by atoms with Crippen LogP contribution < -0.4 is 4.74 Å². The number of methoxy groups -OCH3 is 1. The lowest BCUT2D eigenvalue weighted by molar-refractivity contribution is -0.130. The molecule has 0 N–H and O–H groups in total. The van der Waals surface area contributed by atoms with Crippen LogP contribution in [0.3, 0.4) is 0 Å². The molecule has 1 amide bonds. The van der Waals surface area contributed by atoms with Crippen LogP contribution in [-0.4, -0.2) is 45.2 Å². The summed E-state index contributed by atoms with van der Waals surface area (Å²) in [7, 11) is 3.40. The van der Waals surface area contributed by atoms with Crippen LogP contribution in [0.1, 0.15) is 12.0 Å². The predicted octanol–water partition coefficient (Wildman–Crippen LogP) is 0.730. The van der Waals surface area contributed by atoms with Gasteiger partial charge in [0, 0.05) is 20.0 Å². The van der Waals surface area contributed by atoms with Crippen LogP contribution in [0.15, 0.2) is 30.6 Å². The molecule has 1 heterocycles. The van der Waals surface area contributed by atoms with Crippen molar-refractivity contribution in [2.75, 3.05) is 14.2 Å². The number of carbonyl (C=O) groups excluding carboxylic acids is 1. The van der Waals surface area contributed by atoms with Gasteiger partial charge in [-0.05, 0) is 28.1 Å². The third-order valence-electron chi connectivity index (χ3n) is 2.93. The Morgan fingerprint density at radius 1 is 1.45 bits per heavy atom. The number of hydrogen-bond donors (Lipinski definition) is 0. The molecule has 0 spiro atoms. The maximum absolute atomic E-state index is 12.0. The van der Waals surface area contributed by atoms with Crippen molar-refractivity contribution in [1.82, 2.24) is 25.1 Å². The maximum atomic E-state index is 12.0. The van der Waals surface area contributed by atoms with E-state index in [1.54, 1.807) is 19.1 Å². The number of tetrazole rings is 1. The molecule has 0 aliphatic carbocycles. The fraction of sp³-hybridized carbons (Fsp3) is 0.385. The molecule has 0 saturated carbocycles. The van der Waals surface area contributed by atoms with E-state index in [1.807, 2.05) is 24.3 Å². The van der Waals surface area contributed by atoms with E-state index in [9.17, 15) is 4.79 Å². The zero-order valence-electron chi connectivity index (χ0n) is 11.6. The normalized spacial score (nSPS) is 10.3. The number of hydrogen-bond acceptors (Lipinski definition) is 5. The van der Waals surface area contributed by atoms with Gasteiger partial charge in [-0.3, -0.25) is 4.79 Å². The third kappa shape index (κ3) is 3.78. The van der Waals surface area contributed by atoms with E-state index in [-0.39, 0.29) is 5.91 Å². The van der Waals surface area contributed by atoms with Gasteiger partial charge in [0.15, 0.2) is 0 Å². The smallest absolute Gasteiger partial charge is 0.224 e. The number of benzene rings is 1. The van der Waals surface area contributed by atoms with Gasteiger partial charge in [0.1, 0.15) is 12.1 Å². The molecule has 0 unspecified atom stereocenters. The van der Waals surface area contributed by atoms with E-state index >= 15 is 0 Å². The van der Waals surface area contributed by atoms with Crippen LogP contribution in [0.2, 0.25) is 0 Å². The average Bonchev–Trinajstić information content (AvgIpc) is 2.98. The van der Waals surface area contributed by atoms with Gasteiger partial charge in [-0.25, -0.2) is 4.68 Å². The number of rotatable bonds is 6. The number of carbonyl (C=O) groups is 1. The minimum atomic E-state index is 0.0447. The van der Waals surface area contributed by atoms with Crippen molar-refractivity contribution in [3.63, 3.8) is 0 Å². The Balaban J connectivity index is 1.86. The average molecular weight is 275 g/mol. The Kier molecular flexibility index (Phi) is 4.65. The number of aryl methyl sites for hydroxylation is 1. The second-order valence-electron chi connectivity index (χ2n) is 4.42. The number of amides is 1. The summed E-state index contributed by atoms with van der Waals surface area (Å²) in [6, 6.07) is 7.68. The van der Waals surface area contributed by atoms with Gasteiger partial charge in [0.25, 0.3) is 0 Å². The molecule has 2 aromatic rings. The summed E-state index contributed by atoms with van der Waals surface area (Å²) in [5, 5.41) is 10.8. The Morgan fingerprint density at radius 3 is 3.00 bits per heavy atom. The summed E-state index contributed by atoms with van der Waals surface area (Å²) in [5.74, 6) is 0.834. The lowest BCUT2D eigenvalue weighted by Gasteiger charge is -2.17. The van der Waals surface area contributed by atoms with Crippen LogP contribution >= 0.6 is 0 Å². The summed E-state index contributed by atoms with van der Waals surface area (Å²) in [5.41, 5.74) is 1.03. The predicted molar refractivity (Wildman–Crippen MR) is 71.9 cm³/mol. The van der Waals surface area contributed by atoms with Gasteiger partial charge < -0.3 is 9.64 Å². The summed E-state index contributed by atoms with van der Waals surface area (Å²) in [6.07, 6.45) is 1.86. The van der Waals surface area contributed by atoms with E-state index in [4.69, 9.17) is 4.74 Å². The van der Waals surface area contributed by atoms with Crippen LogP contribution in [0.5, 0.6) is 5.75 Å². The van der Waals surface area contributed by atoms with Gasteiger partial charge in [0.05, 0.1) is 13.7 Å². The largest absolute Gasteiger partial charge is 0.497 e. The number of nitrogens with zero attached hydrogens (tertiary/aromatic N) is 5. The van der Waals surface area contributed by atoms with Crippen molar-refractivity contribution in [1.29, 1.82) is 0 Å². The quantitative estimate of drug-likeness (QED) is 0.777. The Morgan fingerprint density at radius 2 is 2.30 bits per heavy atom. The molecule has 0 saturated heterocycles. The first-order valence-corrected chi connectivity index (χ1v) is 6.26. The van der Waals surface area contributed by atoms with Crippen LogP contribution in [-0.2, 0) is 17.9 Å². The highest BCUT2D eigenvalue weighted by atomic mass is 16.5. The summed E-state index contributed by atoms with van der Waals surface area (Å²) < 4.78 is 6.70. The van der Waals surface area contributed by atoms with Crippen molar-refractivity contribution < 1.29 is 9.53 Å². The summed E-state index contributed by atoms with van der Waals surface area (Å²) >= 11 is 0. The van der Waals surface area contributed by atoms with Crippen molar-refractivity contribution in [3.8, 4) is 5.75 Å². The van der Waals surface area contributed by atoms with Gasteiger partial charge in [-0.1, -0.05) is 12.1 Å². The first kappa shape index (κ1) is 14.0. The SMILES string of the molecule is COc1cccc(CN(C)C(=O)CCn2cnnn2)c1. The van der Waals surface area contributed by atoms with Gasteiger partial charge in [-0.2, -0.15) is 0 Å². The molecule has 7 nitrogen and oxygen atoms in total. The molecule has 0 aliphatic rings. The molecular weight excluding hydrogens is 258 g/mol. The van der Waals surface area contributed by atoms with E-state index in [0.717, 1.165) is 11.3 Å². The molecule has 0 aliphatic heterocycles. The lowest BCUT2D eigenvalue weighted by atomic mass is 10.2. The molecule has 1 aromatic carbocycles. The molecule has 7 heteroatoms. The lowest BCUT2D eigenvalue weighted by Crippen LogP contribution is -2.27. The van der Waals surface area contributed by atoms with Crippen LogP contribution in [0.25, 0.3) is 0 Å². The van der Waals surface area contributed by atoms with Crippen molar-refractivity contribution in [2.45, 2.75) is 19.5 Å². The van der Waals surface area contributed by atoms with Crippen molar-refractivity contribution in [3.05, 3.63) is 36.2 Å². The molecule has 0 fully saturated rings. The molecule has 0 bridgehead atoms. The standard InChI is InChI=1S/C13H17N5O2/c1-17(9-11-4-3-5-12(8-11)20-2)13(19)6-7-18-10-14-15-16-18/h3-5,8,10H,6-7,9H2,1-2H3. The number of aromatic nitrogens is 4. The summed E-state index contributed by atoms with van der Waals surface area (Å²) in [4.78, 5) is 13.7. The van der Waals surface area contributed by atoms with Gasteiger partial charge in [-0.15, -0.1) is 5.10 Å². The highest BCUT2D eigenvalue weighted by molar-refractivity contribution is 5.75. The molecule has 20 heavy (non-hydrogen) atoms. The Bertz CT molecular complexity index is 556. The fourth-order valence-corrected chi connectivity index (χ4v) is 1.82. The topological polar surface area (TPSA) is 73.1 Å².